The molecule has 0 bridgehead atoms. The zero-order valence-corrected chi connectivity index (χ0v) is 12.1. The quantitative estimate of drug-likeness (QED) is 0.748. The molecule has 0 spiro atoms. The summed E-state index contributed by atoms with van der Waals surface area (Å²) in [7, 11) is 2.16. The lowest BCUT2D eigenvalue weighted by Gasteiger charge is -2.22. The maximum Gasteiger partial charge on any atom is 0.0467 e. The molecule has 2 atom stereocenters. The molecule has 2 rings (SSSR count). The first kappa shape index (κ1) is 12.3. The summed E-state index contributed by atoms with van der Waals surface area (Å²) in [6.07, 6.45) is 1.37. The van der Waals surface area contributed by atoms with E-state index in [0.717, 1.165) is 28.7 Å². The van der Waals surface area contributed by atoms with E-state index in [1.807, 2.05) is 12.1 Å². The molecule has 0 N–H and O–H groups in total. The van der Waals surface area contributed by atoms with Crippen molar-refractivity contribution in [2.45, 2.75) is 18.7 Å². The van der Waals surface area contributed by atoms with Crippen LogP contribution in [-0.2, 0) is 5.33 Å². The van der Waals surface area contributed by atoms with Crippen molar-refractivity contribution in [2.75, 3.05) is 18.5 Å². The third-order valence-corrected chi connectivity index (χ3v) is 4.34. The molecule has 1 saturated carbocycles. The van der Waals surface area contributed by atoms with Gasteiger partial charge < -0.3 is 4.90 Å². The molecule has 16 heavy (non-hydrogen) atoms. The summed E-state index contributed by atoms with van der Waals surface area (Å²) in [6.45, 7) is 3.46. The molecule has 1 nitrogen and oxygen atoms in total. The molecule has 0 amide bonds. The molecule has 0 radical (unpaired) electrons. The second kappa shape index (κ2) is 4.97. The first-order chi connectivity index (χ1) is 7.63. The van der Waals surface area contributed by atoms with Crippen LogP contribution in [0.3, 0.4) is 0 Å². The van der Waals surface area contributed by atoms with Gasteiger partial charge in [0, 0.05) is 35.2 Å². The van der Waals surface area contributed by atoms with Crippen molar-refractivity contribution in [2.24, 2.45) is 11.8 Å². The van der Waals surface area contributed by atoms with E-state index in [2.05, 4.69) is 40.9 Å². The summed E-state index contributed by atoms with van der Waals surface area (Å²) in [6, 6.07) is 6.13. The predicted octanol–water partition coefficient (Wildman–Crippen LogP) is 4.33. The van der Waals surface area contributed by atoms with E-state index in [1.54, 1.807) is 0 Å². The molecule has 0 aliphatic heterocycles. The van der Waals surface area contributed by atoms with Crippen LogP contribution in [0.5, 0.6) is 0 Å². The van der Waals surface area contributed by atoms with Crippen LogP contribution in [0.25, 0.3) is 0 Å². The summed E-state index contributed by atoms with van der Waals surface area (Å²) in [4.78, 5) is 2.33. The van der Waals surface area contributed by atoms with Crippen LogP contribution in [0.15, 0.2) is 18.2 Å². The Labute approximate surface area is 111 Å². The predicted molar refractivity (Wildman–Crippen MR) is 74.6 cm³/mol. The van der Waals surface area contributed by atoms with Crippen molar-refractivity contribution < 1.29 is 0 Å². The molecule has 1 aromatic rings. The van der Waals surface area contributed by atoms with Crippen LogP contribution in [0.4, 0.5) is 5.69 Å². The third kappa shape index (κ3) is 2.54. The third-order valence-electron chi connectivity index (χ3n) is 3.42. The average Bonchev–Trinajstić information content (AvgIpc) is 2.93. The number of alkyl halides is 1. The molecular weight excluding hydrogens is 286 g/mol. The molecule has 0 saturated heterocycles. The van der Waals surface area contributed by atoms with Crippen molar-refractivity contribution in [3.05, 3.63) is 28.8 Å². The lowest BCUT2D eigenvalue weighted by atomic mass is 10.1. The van der Waals surface area contributed by atoms with E-state index in [9.17, 15) is 0 Å². The van der Waals surface area contributed by atoms with Crippen LogP contribution in [-0.4, -0.2) is 13.6 Å². The highest BCUT2D eigenvalue weighted by Crippen LogP contribution is 2.39. The number of hydrogen-bond donors (Lipinski definition) is 0. The molecule has 88 valence electrons. The van der Waals surface area contributed by atoms with Crippen molar-refractivity contribution in [3.63, 3.8) is 0 Å². The number of benzene rings is 1. The Bertz CT molecular complexity index is 380. The smallest absolute Gasteiger partial charge is 0.0467 e. The molecule has 0 aromatic heterocycles. The van der Waals surface area contributed by atoms with E-state index >= 15 is 0 Å². The summed E-state index contributed by atoms with van der Waals surface area (Å²) in [5, 5.41) is 1.66. The number of rotatable bonds is 4. The minimum Gasteiger partial charge on any atom is -0.374 e. The summed E-state index contributed by atoms with van der Waals surface area (Å²) < 4.78 is 0. The van der Waals surface area contributed by atoms with Crippen LogP contribution < -0.4 is 4.90 Å². The van der Waals surface area contributed by atoms with Gasteiger partial charge in [-0.2, -0.15) is 0 Å². The van der Waals surface area contributed by atoms with Crippen molar-refractivity contribution in [1.82, 2.24) is 0 Å². The summed E-state index contributed by atoms with van der Waals surface area (Å²) in [5.74, 6) is 1.77. The maximum absolute atomic E-state index is 6.20. The molecular formula is C13H17BrClN. The van der Waals surface area contributed by atoms with Gasteiger partial charge in [-0.15, -0.1) is 0 Å². The van der Waals surface area contributed by atoms with Crippen molar-refractivity contribution in [1.29, 1.82) is 0 Å². The highest BCUT2D eigenvalue weighted by atomic mass is 79.9. The lowest BCUT2D eigenvalue weighted by molar-refractivity contribution is 0.724. The normalized spacial score (nSPS) is 23.2. The van der Waals surface area contributed by atoms with Gasteiger partial charge in [-0.25, -0.2) is 0 Å². The van der Waals surface area contributed by atoms with Gasteiger partial charge in [-0.3, -0.25) is 0 Å². The lowest BCUT2D eigenvalue weighted by Crippen LogP contribution is -2.21. The zero-order valence-electron chi connectivity index (χ0n) is 9.71. The van der Waals surface area contributed by atoms with Crippen LogP contribution >= 0.6 is 27.5 Å². The number of nitrogens with zero attached hydrogens (tertiary/aromatic N) is 1. The fourth-order valence-corrected chi connectivity index (χ4v) is 3.13. The standard InChI is InChI=1S/C13H17BrClN/c1-9-6-10(9)8-16(2)13-5-3-4-12(15)11(13)7-14/h3-5,9-10H,6-8H2,1-2H3. The fraction of sp³-hybridized carbons (Fsp3) is 0.538. The van der Waals surface area contributed by atoms with Gasteiger partial charge >= 0.3 is 0 Å². The van der Waals surface area contributed by atoms with Crippen LogP contribution in [0, 0.1) is 11.8 Å². The molecule has 0 heterocycles. The van der Waals surface area contributed by atoms with E-state index in [4.69, 9.17) is 11.6 Å². The topological polar surface area (TPSA) is 3.24 Å². The summed E-state index contributed by atoms with van der Waals surface area (Å²) >= 11 is 9.71. The second-order valence-corrected chi connectivity index (χ2v) is 5.69. The highest BCUT2D eigenvalue weighted by Gasteiger charge is 2.33. The van der Waals surface area contributed by atoms with Gasteiger partial charge in [-0.05, 0) is 30.4 Å². The SMILES string of the molecule is CC1CC1CN(C)c1cccc(Cl)c1CBr. The van der Waals surface area contributed by atoms with Crippen molar-refractivity contribution in [3.8, 4) is 0 Å². The Morgan fingerprint density at radius 2 is 2.19 bits per heavy atom. The highest BCUT2D eigenvalue weighted by molar-refractivity contribution is 9.08. The van der Waals surface area contributed by atoms with Crippen LogP contribution in [0.2, 0.25) is 5.02 Å². The first-order valence-corrected chi connectivity index (χ1v) is 7.18. The van der Waals surface area contributed by atoms with Gasteiger partial charge in [0.2, 0.25) is 0 Å². The van der Waals surface area contributed by atoms with Gasteiger partial charge in [0.1, 0.15) is 0 Å². The Morgan fingerprint density at radius 3 is 2.75 bits per heavy atom. The van der Waals surface area contributed by atoms with Crippen molar-refractivity contribution >= 4 is 33.2 Å². The van der Waals surface area contributed by atoms with Gasteiger partial charge in [0.15, 0.2) is 0 Å². The summed E-state index contributed by atoms with van der Waals surface area (Å²) in [5.41, 5.74) is 2.45. The monoisotopic (exact) mass is 301 g/mol. The largest absolute Gasteiger partial charge is 0.374 e. The van der Waals surface area contributed by atoms with E-state index < -0.39 is 0 Å². The Balaban J connectivity index is 2.15. The Hall–Kier alpha value is -0.210. The van der Waals surface area contributed by atoms with Crippen LogP contribution in [0.1, 0.15) is 18.9 Å². The molecule has 1 aliphatic rings. The van der Waals surface area contributed by atoms with Gasteiger partial charge in [0.05, 0.1) is 0 Å². The number of hydrogen-bond acceptors (Lipinski definition) is 1. The maximum atomic E-state index is 6.20. The van der Waals surface area contributed by atoms with E-state index in [1.165, 1.54) is 17.7 Å². The fourth-order valence-electron chi connectivity index (χ4n) is 2.14. The van der Waals surface area contributed by atoms with Gasteiger partial charge in [-0.1, -0.05) is 40.5 Å². The average molecular weight is 303 g/mol. The van der Waals surface area contributed by atoms with Gasteiger partial charge in [0.25, 0.3) is 0 Å². The molecule has 2 unspecified atom stereocenters. The second-order valence-electron chi connectivity index (χ2n) is 4.72. The molecule has 1 fully saturated rings. The first-order valence-electron chi connectivity index (χ1n) is 5.68. The number of halogens is 2. The minimum atomic E-state index is 0.812. The van der Waals surface area contributed by atoms with E-state index in [0.29, 0.717) is 0 Å². The van der Waals surface area contributed by atoms with E-state index in [-0.39, 0.29) is 0 Å². The molecule has 1 aromatic carbocycles. The minimum absolute atomic E-state index is 0.812. The Kier molecular flexibility index (Phi) is 3.81. The molecule has 1 aliphatic carbocycles. The molecule has 3 heteroatoms. The number of anilines is 1. The zero-order chi connectivity index (χ0) is 11.7. The Morgan fingerprint density at radius 1 is 1.50 bits per heavy atom.